The standard InChI is InChI=1S/C21H15ClF2O2/c1-2-26-21(25)19-11-14(13-3-6-15(22)7-4-13)5-9-17(19)18-10-8-16(23)12-20(18)24/h3-12H,2H2,1H3. The molecule has 0 saturated carbocycles. The minimum Gasteiger partial charge on any atom is -0.462 e. The average Bonchev–Trinajstić information content (AvgIpc) is 2.62. The average molecular weight is 373 g/mol. The third-order valence-corrected chi connectivity index (χ3v) is 4.17. The lowest BCUT2D eigenvalue weighted by molar-refractivity contribution is 0.0527. The molecule has 0 aromatic heterocycles. The highest BCUT2D eigenvalue weighted by Crippen LogP contribution is 2.32. The fourth-order valence-corrected chi connectivity index (χ4v) is 2.81. The second-order valence-electron chi connectivity index (χ2n) is 5.61. The third kappa shape index (κ3) is 3.75. The van der Waals surface area contributed by atoms with Gasteiger partial charge in [-0.3, -0.25) is 0 Å². The van der Waals surface area contributed by atoms with Gasteiger partial charge in [-0.05, 0) is 53.9 Å². The van der Waals surface area contributed by atoms with E-state index in [2.05, 4.69) is 0 Å². The second-order valence-corrected chi connectivity index (χ2v) is 6.05. The van der Waals surface area contributed by atoms with Crippen molar-refractivity contribution in [3.63, 3.8) is 0 Å². The number of hydrogen-bond acceptors (Lipinski definition) is 2. The summed E-state index contributed by atoms with van der Waals surface area (Å²) in [5, 5.41) is 0.601. The largest absolute Gasteiger partial charge is 0.462 e. The molecule has 0 fully saturated rings. The Hall–Kier alpha value is -2.72. The Labute approximate surface area is 155 Å². The monoisotopic (exact) mass is 372 g/mol. The number of carbonyl (C=O) groups is 1. The molecule has 0 atom stereocenters. The summed E-state index contributed by atoms with van der Waals surface area (Å²) < 4.78 is 32.6. The van der Waals surface area contributed by atoms with Gasteiger partial charge >= 0.3 is 5.97 Å². The number of hydrogen-bond donors (Lipinski definition) is 0. The molecule has 5 heteroatoms. The fourth-order valence-electron chi connectivity index (χ4n) is 2.69. The van der Waals surface area contributed by atoms with E-state index in [-0.39, 0.29) is 17.7 Å². The van der Waals surface area contributed by atoms with Gasteiger partial charge in [0, 0.05) is 16.7 Å². The van der Waals surface area contributed by atoms with Gasteiger partial charge in [-0.25, -0.2) is 13.6 Å². The number of rotatable bonds is 4. The first-order chi connectivity index (χ1) is 12.5. The smallest absolute Gasteiger partial charge is 0.338 e. The van der Waals surface area contributed by atoms with Gasteiger partial charge in [-0.15, -0.1) is 0 Å². The van der Waals surface area contributed by atoms with Crippen LogP contribution in [0, 0.1) is 11.6 Å². The van der Waals surface area contributed by atoms with Gasteiger partial charge in [-0.1, -0.05) is 35.9 Å². The molecule has 0 unspecified atom stereocenters. The maximum Gasteiger partial charge on any atom is 0.338 e. The van der Waals surface area contributed by atoms with Crippen molar-refractivity contribution in [2.75, 3.05) is 6.61 Å². The van der Waals surface area contributed by atoms with E-state index in [0.717, 1.165) is 23.3 Å². The zero-order chi connectivity index (χ0) is 18.7. The van der Waals surface area contributed by atoms with E-state index in [9.17, 15) is 13.6 Å². The Balaban J connectivity index is 2.15. The predicted octanol–water partition coefficient (Wildman–Crippen LogP) is 6.13. The third-order valence-electron chi connectivity index (χ3n) is 3.91. The van der Waals surface area contributed by atoms with Gasteiger partial charge in [0.05, 0.1) is 12.2 Å². The molecule has 3 aromatic carbocycles. The van der Waals surface area contributed by atoms with E-state index in [1.165, 1.54) is 6.07 Å². The molecule has 0 bridgehead atoms. The van der Waals surface area contributed by atoms with Crippen LogP contribution in [0.3, 0.4) is 0 Å². The first-order valence-electron chi connectivity index (χ1n) is 8.02. The van der Waals surface area contributed by atoms with Crippen molar-refractivity contribution in [3.8, 4) is 22.3 Å². The minimum absolute atomic E-state index is 0.136. The highest BCUT2D eigenvalue weighted by molar-refractivity contribution is 6.30. The van der Waals surface area contributed by atoms with Gasteiger partial charge in [-0.2, -0.15) is 0 Å². The van der Waals surface area contributed by atoms with Gasteiger partial charge in [0.1, 0.15) is 11.6 Å². The van der Waals surface area contributed by atoms with E-state index in [1.54, 1.807) is 37.3 Å². The highest BCUT2D eigenvalue weighted by Gasteiger charge is 2.18. The summed E-state index contributed by atoms with van der Waals surface area (Å²) in [6.07, 6.45) is 0. The predicted molar refractivity (Wildman–Crippen MR) is 98.2 cm³/mol. The molecule has 2 nitrogen and oxygen atoms in total. The van der Waals surface area contributed by atoms with Crippen molar-refractivity contribution >= 4 is 17.6 Å². The molecule has 26 heavy (non-hydrogen) atoms. The van der Waals surface area contributed by atoms with Crippen LogP contribution in [-0.2, 0) is 4.74 Å². The van der Waals surface area contributed by atoms with Crippen molar-refractivity contribution in [2.45, 2.75) is 6.92 Å². The van der Waals surface area contributed by atoms with Crippen LogP contribution in [0.4, 0.5) is 8.78 Å². The SMILES string of the molecule is CCOC(=O)c1cc(-c2ccc(Cl)cc2)ccc1-c1ccc(F)cc1F. The molecule has 0 aliphatic rings. The van der Waals surface area contributed by atoms with E-state index in [4.69, 9.17) is 16.3 Å². The van der Waals surface area contributed by atoms with E-state index in [1.807, 2.05) is 12.1 Å². The molecule has 3 rings (SSSR count). The van der Waals surface area contributed by atoms with Crippen LogP contribution in [-0.4, -0.2) is 12.6 Å². The van der Waals surface area contributed by atoms with E-state index < -0.39 is 17.6 Å². The molecule has 0 radical (unpaired) electrons. The molecule has 0 aliphatic heterocycles. The maximum atomic E-state index is 14.2. The van der Waals surface area contributed by atoms with Crippen LogP contribution >= 0.6 is 11.6 Å². The van der Waals surface area contributed by atoms with Crippen molar-refractivity contribution in [1.29, 1.82) is 0 Å². The van der Waals surface area contributed by atoms with Crippen LogP contribution in [0.25, 0.3) is 22.3 Å². The number of benzene rings is 3. The normalized spacial score (nSPS) is 10.6. The van der Waals surface area contributed by atoms with Gasteiger partial charge in [0.15, 0.2) is 0 Å². The van der Waals surface area contributed by atoms with Gasteiger partial charge in [0.25, 0.3) is 0 Å². The summed E-state index contributed by atoms with van der Waals surface area (Å²) in [5.74, 6) is -1.99. The zero-order valence-electron chi connectivity index (χ0n) is 13.9. The molecular weight excluding hydrogens is 358 g/mol. The van der Waals surface area contributed by atoms with Crippen molar-refractivity contribution in [1.82, 2.24) is 0 Å². The molecule has 0 aliphatic carbocycles. The van der Waals surface area contributed by atoms with Crippen molar-refractivity contribution in [3.05, 3.63) is 82.9 Å². The van der Waals surface area contributed by atoms with Crippen molar-refractivity contribution < 1.29 is 18.3 Å². The van der Waals surface area contributed by atoms with Crippen LogP contribution < -0.4 is 0 Å². The summed E-state index contributed by atoms with van der Waals surface area (Å²) >= 11 is 5.91. The van der Waals surface area contributed by atoms with E-state index >= 15 is 0 Å². The van der Waals surface area contributed by atoms with Crippen LogP contribution in [0.5, 0.6) is 0 Å². The Kier molecular flexibility index (Phi) is 5.33. The molecule has 132 valence electrons. The molecule has 0 spiro atoms. The molecular formula is C21H15ClF2O2. The molecule has 0 amide bonds. The zero-order valence-corrected chi connectivity index (χ0v) is 14.7. The van der Waals surface area contributed by atoms with Crippen LogP contribution in [0.1, 0.15) is 17.3 Å². The number of halogens is 3. The summed E-state index contributed by atoms with van der Waals surface area (Å²) in [4.78, 5) is 12.4. The summed E-state index contributed by atoms with van der Waals surface area (Å²) in [7, 11) is 0. The Morgan fingerprint density at radius 3 is 2.23 bits per heavy atom. The minimum atomic E-state index is -0.741. The highest BCUT2D eigenvalue weighted by atomic mass is 35.5. The van der Waals surface area contributed by atoms with Crippen LogP contribution in [0.15, 0.2) is 60.7 Å². The first-order valence-corrected chi connectivity index (χ1v) is 8.40. The lowest BCUT2D eigenvalue weighted by Gasteiger charge is -2.12. The Morgan fingerprint density at radius 2 is 1.58 bits per heavy atom. The number of carbonyl (C=O) groups excluding carboxylic acids is 1. The number of esters is 1. The Morgan fingerprint density at radius 1 is 0.923 bits per heavy atom. The lowest BCUT2D eigenvalue weighted by Crippen LogP contribution is -2.07. The Bertz CT molecular complexity index is 953. The summed E-state index contributed by atoms with van der Waals surface area (Å²) in [5.41, 5.74) is 2.31. The lowest BCUT2D eigenvalue weighted by atomic mass is 9.94. The molecule has 0 N–H and O–H groups in total. The van der Waals surface area contributed by atoms with E-state index in [0.29, 0.717) is 10.6 Å². The van der Waals surface area contributed by atoms with Gasteiger partial charge < -0.3 is 4.74 Å². The maximum absolute atomic E-state index is 14.2. The van der Waals surface area contributed by atoms with Gasteiger partial charge in [0.2, 0.25) is 0 Å². The fraction of sp³-hybridized carbons (Fsp3) is 0.0952. The number of ether oxygens (including phenoxy) is 1. The molecule has 3 aromatic rings. The quantitative estimate of drug-likeness (QED) is 0.515. The molecule has 0 heterocycles. The topological polar surface area (TPSA) is 26.3 Å². The summed E-state index contributed by atoms with van der Waals surface area (Å²) in [6, 6.07) is 15.4. The second kappa shape index (κ2) is 7.67. The summed E-state index contributed by atoms with van der Waals surface area (Å²) in [6.45, 7) is 1.88. The molecule has 0 saturated heterocycles. The van der Waals surface area contributed by atoms with Crippen molar-refractivity contribution in [2.24, 2.45) is 0 Å². The first kappa shape index (κ1) is 18.1. The van der Waals surface area contributed by atoms with Crippen LogP contribution in [0.2, 0.25) is 5.02 Å².